The molecular weight excluding hydrogens is 452 g/mol. The predicted molar refractivity (Wildman–Crippen MR) is 136 cm³/mol. The Kier molecular flexibility index (Phi) is 11.2. The molecule has 0 spiro atoms. The molecule has 0 fully saturated rings. The normalized spacial score (nSPS) is 12.5. The molecule has 2 aromatic carbocycles. The molecule has 0 radical (unpaired) electrons. The van der Waals surface area contributed by atoms with E-state index >= 15 is 0 Å². The van der Waals surface area contributed by atoms with Crippen molar-refractivity contribution in [2.24, 2.45) is 0 Å². The molecule has 6 nitrogen and oxygen atoms in total. The molecule has 1 N–H and O–H groups in total. The summed E-state index contributed by atoms with van der Waals surface area (Å²) in [7, 11) is 0. The van der Waals surface area contributed by atoms with E-state index in [1.54, 1.807) is 24.0 Å². The highest BCUT2D eigenvalue weighted by Gasteiger charge is 2.26. The summed E-state index contributed by atoms with van der Waals surface area (Å²) in [5.41, 5.74) is 1.89. The Bertz CT molecular complexity index is 933. The molecule has 2 atom stereocenters. The van der Waals surface area contributed by atoms with Gasteiger partial charge in [-0.05, 0) is 75.9 Å². The summed E-state index contributed by atoms with van der Waals surface area (Å²) in [6, 6.07) is 12.5. The minimum Gasteiger partial charge on any atom is -0.490 e. The van der Waals surface area contributed by atoms with Gasteiger partial charge in [-0.25, -0.2) is 0 Å². The third-order valence-electron chi connectivity index (χ3n) is 5.67. The molecule has 2 aromatic rings. The van der Waals surface area contributed by atoms with Crippen molar-refractivity contribution in [3.05, 3.63) is 58.6 Å². The Hall–Kier alpha value is -2.73. The maximum Gasteiger partial charge on any atom is 0.242 e. The monoisotopic (exact) mass is 488 g/mol. The number of hydrogen-bond acceptors (Lipinski definition) is 4. The summed E-state index contributed by atoms with van der Waals surface area (Å²) >= 11 is 6.02. The van der Waals surface area contributed by atoms with Crippen LogP contribution in [-0.2, 0) is 22.6 Å². The minimum atomic E-state index is -0.600. The lowest BCUT2D eigenvalue weighted by atomic mass is 10.1. The van der Waals surface area contributed by atoms with Gasteiger partial charge >= 0.3 is 0 Å². The van der Waals surface area contributed by atoms with Gasteiger partial charge < -0.3 is 19.7 Å². The smallest absolute Gasteiger partial charge is 0.242 e. The number of benzene rings is 2. The number of ether oxygens (including phenoxy) is 2. The average Bonchev–Trinajstić information content (AvgIpc) is 2.83. The number of carbonyl (C=O) groups excluding carboxylic acids is 2. The van der Waals surface area contributed by atoms with Crippen molar-refractivity contribution in [2.45, 2.75) is 72.5 Å². The van der Waals surface area contributed by atoms with Crippen molar-refractivity contribution < 1.29 is 19.1 Å². The number of carbonyl (C=O) groups is 2. The molecule has 0 aromatic heterocycles. The second kappa shape index (κ2) is 13.9. The number of hydrogen-bond donors (Lipinski definition) is 1. The standard InChI is InChI=1S/C27H37ClN2O4/c1-6-19(4)29-27(32)20(5)30(18-22-9-13-23(28)14-10-22)26(31)16-12-21-11-15-24(33-7-2)25(17-21)34-8-3/h9-11,13-15,17,19-20H,6-8,12,16,18H2,1-5H3,(H,29,32)/t19-,20+/m1/s1. The summed E-state index contributed by atoms with van der Waals surface area (Å²) < 4.78 is 11.3. The molecule has 0 aliphatic carbocycles. The number of halogens is 1. The van der Waals surface area contributed by atoms with Crippen molar-refractivity contribution >= 4 is 23.4 Å². The first-order chi connectivity index (χ1) is 16.3. The fourth-order valence-electron chi connectivity index (χ4n) is 3.48. The van der Waals surface area contributed by atoms with Crippen LogP contribution in [0.25, 0.3) is 0 Å². The second-order valence-corrected chi connectivity index (χ2v) is 8.73. The molecule has 0 saturated heterocycles. The molecule has 0 bridgehead atoms. The minimum absolute atomic E-state index is 0.0447. The number of amides is 2. The lowest BCUT2D eigenvalue weighted by molar-refractivity contribution is -0.140. The zero-order chi connectivity index (χ0) is 25.1. The topological polar surface area (TPSA) is 67.9 Å². The third kappa shape index (κ3) is 8.24. The second-order valence-electron chi connectivity index (χ2n) is 8.29. The summed E-state index contributed by atoms with van der Waals surface area (Å²) in [6.07, 6.45) is 1.62. The Morgan fingerprint density at radius 2 is 1.56 bits per heavy atom. The lowest BCUT2D eigenvalue weighted by Gasteiger charge is -2.30. The van der Waals surface area contributed by atoms with Gasteiger partial charge in [0.25, 0.3) is 0 Å². The molecule has 7 heteroatoms. The van der Waals surface area contributed by atoms with Crippen LogP contribution < -0.4 is 14.8 Å². The zero-order valence-corrected chi connectivity index (χ0v) is 21.7. The Balaban J connectivity index is 2.17. The maximum absolute atomic E-state index is 13.3. The van der Waals surface area contributed by atoms with Gasteiger partial charge in [-0.2, -0.15) is 0 Å². The lowest BCUT2D eigenvalue weighted by Crippen LogP contribution is -2.49. The van der Waals surface area contributed by atoms with Crippen molar-refractivity contribution in [1.82, 2.24) is 10.2 Å². The third-order valence-corrected chi connectivity index (χ3v) is 5.92. The van der Waals surface area contributed by atoms with Crippen LogP contribution in [-0.4, -0.2) is 42.0 Å². The molecule has 0 aliphatic rings. The Labute approximate surface area is 208 Å². The average molecular weight is 489 g/mol. The van der Waals surface area contributed by atoms with Crippen LogP contribution >= 0.6 is 11.6 Å². The van der Waals surface area contributed by atoms with Gasteiger partial charge in [0.2, 0.25) is 11.8 Å². The van der Waals surface area contributed by atoms with Gasteiger partial charge in [-0.3, -0.25) is 9.59 Å². The first-order valence-electron chi connectivity index (χ1n) is 12.0. The van der Waals surface area contributed by atoms with Crippen LogP contribution in [0.5, 0.6) is 11.5 Å². The fourth-order valence-corrected chi connectivity index (χ4v) is 3.61. The van der Waals surface area contributed by atoms with E-state index in [0.717, 1.165) is 17.5 Å². The highest BCUT2D eigenvalue weighted by Crippen LogP contribution is 2.29. The van der Waals surface area contributed by atoms with E-state index in [1.165, 1.54) is 0 Å². The van der Waals surface area contributed by atoms with Crippen molar-refractivity contribution in [2.75, 3.05) is 13.2 Å². The van der Waals surface area contributed by atoms with Crippen molar-refractivity contribution in [1.29, 1.82) is 0 Å². The quantitative estimate of drug-likeness (QED) is 0.409. The van der Waals surface area contributed by atoms with E-state index in [9.17, 15) is 9.59 Å². The summed E-state index contributed by atoms with van der Waals surface area (Å²) in [5, 5.41) is 3.62. The van der Waals surface area contributed by atoms with E-state index in [2.05, 4.69) is 5.32 Å². The number of aryl methyl sites for hydroxylation is 1. The van der Waals surface area contributed by atoms with Crippen LogP contribution in [0.15, 0.2) is 42.5 Å². The molecule has 34 heavy (non-hydrogen) atoms. The van der Waals surface area contributed by atoms with Gasteiger partial charge in [0.1, 0.15) is 6.04 Å². The highest BCUT2D eigenvalue weighted by molar-refractivity contribution is 6.30. The SMILES string of the molecule is CCOc1ccc(CCC(=O)N(Cc2ccc(Cl)cc2)[C@@H](C)C(=O)N[C@H](C)CC)cc1OCC. The number of nitrogens with one attached hydrogen (secondary N) is 1. The molecule has 0 aliphatic heterocycles. The van der Waals surface area contributed by atoms with Crippen LogP contribution in [0.3, 0.4) is 0 Å². The van der Waals surface area contributed by atoms with E-state index < -0.39 is 6.04 Å². The van der Waals surface area contributed by atoms with E-state index in [4.69, 9.17) is 21.1 Å². The van der Waals surface area contributed by atoms with Gasteiger partial charge in [-0.15, -0.1) is 0 Å². The summed E-state index contributed by atoms with van der Waals surface area (Å²) in [6.45, 7) is 11.0. The van der Waals surface area contributed by atoms with Crippen LogP contribution in [0, 0.1) is 0 Å². The maximum atomic E-state index is 13.3. The molecule has 2 rings (SSSR count). The molecular formula is C27H37ClN2O4. The summed E-state index contributed by atoms with van der Waals surface area (Å²) in [5.74, 6) is 1.12. The highest BCUT2D eigenvalue weighted by atomic mass is 35.5. The van der Waals surface area contributed by atoms with Crippen molar-refractivity contribution in [3.8, 4) is 11.5 Å². The van der Waals surface area contributed by atoms with Crippen LogP contribution in [0.4, 0.5) is 0 Å². The molecule has 0 saturated carbocycles. The van der Waals surface area contributed by atoms with E-state index in [0.29, 0.717) is 42.7 Å². The zero-order valence-electron chi connectivity index (χ0n) is 20.9. The summed E-state index contributed by atoms with van der Waals surface area (Å²) in [4.78, 5) is 27.8. The van der Waals surface area contributed by atoms with Gasteiger partial charge in [0.05, 0.1) is 13.2 Å². The van der Waals surface area contributed by atoms with Crippen molar-refractivity contribution in [3.63, 3.8) is 0 Å². The van der Waals surface area contributed by atoms with Gasteiger partial charge in [0, 0.05) is 24.0 Å². The Morgan fingerprint density at radius 1 is 0.941 bits per heavy atom. The number of nitrogens with zero attached hydrogens (tertiary/aromatic N) is 1. The molecule has 0 unspecified atom stereocenters. The largest absolute Gasteiger partial charge is 0.490 e. The molecule has 186 valence electrons. The van der Waals surface area contributed by atoms with Crippen LogP contribution in [0.2, 0.25) is 5.02 Å². The van der Waals surface area contributed by atoms with Gasteiger partial charge in [0.15, 0.2) is 11.5 Å². The predicted octanol–water partition coefficient (Wildman–Crippen LogP) is 5.40. The number of rotatable bonds is 13. The Morgan fingerprint density at radius 3 is 2.18 bits per heavy atom. The first kappa shape index (κ1) is 27.5. The van der Waals surface area contributed by atoms with Crippen LogP contribution in [0.1, 0.15) is 58.6 Å². The van der Waals surface area contributed by atoms with Gasteiger partial charge in [-0.1, -0.05) is 36.7 Å². The molecule has 0 heterocycles. The fraction of sp³-hybridized carbons (Fsp3) is 0.481. The van der Waals surface area contributed by atoms with E-state index in [1.807, 2.05) is 58.0 Å². The van der Waals surface area contributed by atoms with E-state index in [-0.39, 0.29) is 24.3 Å². The first-order valence-corrected chi connectivity index (χ1v) is 12.4. The molecule has 2 amide bonds.